The monoisotopic (exact) mass is 834 g/mol. The molecule has 0 radical (unpaired) electrons. The van der Waals surface area contributed by atoms with Gasteiger partial charge in [0.1, 0.15) is 30.1 Å². The number of thioether (sulfide) groups is 1. The van der Waals surface area contributed by atoms with Gasteiger partial charge in [-0.25, -0.2) is 27.6 Å². The van der Waals surface area contributed by atoms with E-state index in [1.165, 1.54) is 65.5 Å². The summed E-state index contributed by atoms with van der Waals surface area (Å²) in [7, 11) is -5.48. The zero-order valence-electron chi connectivity index (χ0n) is 29.6. The first-order chi connectivity index (χ1) is 25.3. The maximum Gasteiger partial charge on any atom is 1.00 e. The van der Waals surface area contributed by atoms with Crippen LogP contribution in [-0.4, -0.2) is 50.7 Å². The number of nitriles is 1. The van der Waals surface area contributed by atoms with Crippen molar-refractivity contribution in [3.8, 4) is 6.07 Å². The summed E-state index contributed by atoms with van der Waals surface area (Å²) in [6.45, 7) is 0.733. The van der Waals surface area contributed by atoms with Crippen molar-refractivity contribution in [1.82, 2.24) is 14.8 Å². The molecule has 2 heterocycles. The molecule has 0 spiro atoms. The van der Waals surface area contributed by atoms with Crippen molar-refractivity contribution >= 4 is 43.2 Å². The number of phosphoric ester groups is 1. The fourth-order valence-electron chi connectivity index (χ4n) is 5.39. The Morgan fingerprint density at radius 2 is 1.89 bits per heavy atom. The van der Waals surface area contributed by atoms with Gasteiger partial charge in [-0.2, -0.15) is 10.4 Å². The third-order valence-electron chi connectivity index (χ3n) is 7.96. The third-order valence-corrected chi connectivity index (χ3v) is 10.2. The maximum atomic E-state index is 15.8. The molecule has 0 saturated carbocycles. The largest absolute Gasteiger partial charge is 1.00 e. The molecular formula is C35H29ClF3N4Na2O8PS. The van der Waals surface area contributed by atoms with Gasteiger partial charge in [0, 0.05) is 33.0 Å². The molecule has 2 atom stereocenters. The van der Waals surface area contributed by atoms with Crippen LogP contribution in [0.2, 0.25) is 5.02 Å². The van der Waals surface area contributed by atoms with E-state index in [0.29, 0.717) is 6.07 Å². The molecule has 1 aliphatic heterocycles. The van der Waals surface area contributed by atoms with Crippen LogP contribution in [-0.2, 0) is 42.1 Å². The number of esters is 1. The summed E-state index contributed by atoms with van der Waals surface area (Å²) in [5.74, 6) is -3.55. The maximum absolute atomic E-state index is 15.8. The van der Waals surface area contributed by atoms with Crippen molar-refractivity contribution in [3.63, 3.8) is 0 Å². The zero-order valence-corrected chi connectivity index (χ0v) is 36.1. The first-order valence-corrected chi connectivity index (χ1v) is 18.4. The number of carbonyl (C=O) groups is 1. The van der Waals surface area contributed by atoms with Crippen molar-refractivity contribution in [2.24, 2.45) is 0 Å². The molecule has 0 N–H and O–H groups in total. The molecule has 1 fully saturated rings. The van der Waals surface area contributed by atoms with Gasteiger partial charge in [-0.15, -0.1) is 11.8 Å². The molecule has 55 heavy (non-hydrogen) atoms. The van der Waals surface area contributed by atoms with Crippen molar-refractivity contribution in [3.05, 3.63) is 136 Å². The van der Waals surface area contributed by atoms with E-state index in [-0.39, 0.29) is 112 Å². The van der Waals surface area contributed by atoms with Crippen LogP contribution in [0.25, 0.3) is 6.08 Å². The van der Waals surface area contributed by atoms with Crippen LogP contribution in [0.5, 0.6) is 0 Å². The topological polar surface area (TPSA) is 172 Å². The van der Waals surface area contributed by atoms with Gasteiger partial charge in [0.25, 0.3) is 0 Å². The van der Waals surface area contributed by atoms with Gasteiger partial charge in [0.15, 0.2) is 11.9 Å². The van der Waals surface area contributed by atoms with Gasteiger partial charge in [-0.1, -0.05) is 42.0 Å². The summed E-state index contributed by atoms with van der Waals surface area (Å²) >= 11 is 7.49. The number of rotatable bonds is 14. The van der Waals surface area contributed by atoms with E-state index < -0.39 is 60.2 Å². The minimum atomic E-state index is -5.48. The SMILES string of the molecule is C[C@@H](S[C@H]1CO[C@H](C=CC=Cc2ccc(C#N)cc2F)OC1)[C@@](Cn1cncn1)(OC(=O)c1cccc(Cl)c1COP(=O)([O-])[O-])c1ccc(F)cc1F.[Na+].[Na+]. The van der Waals surface area contributed by atoms with Gasteiger partial charge >= 0.3 is 65.1 Å². The number of benzene rings is 3. The van der Waals surface area contributed by atoms with Crippen LogP contribution in [0.1, 0.15) is 39.5 Å². The number of ether oxygens (including phenoxy) is 3. The molecule has 278 valence electrons. The fraction of sp³-hybridized carbons (Fsp3) is 0.257. The molecule has 12 nitrogen and oxygen atoms in total. The van der Waals surface area contributed by atoms with Crippen LogP contribution in [0.15, 0.2) is 85.5 Å². The van der Waals surface area contributed by atoms with Crippen LogP contribution < -0.4 is 68.9 Å². The molecule has 1 aromatic heterocycles. The number of halogens is 4. The summed E-state index contributed by atoms with van der Waals surface area (Å²) < 4.78 is 79.1. The molecule has 1 saturated heterocycles. The average Bonchev–Trinajstić information content (AvgIpc) is 3.63. The minimum Gasteiger partial charge on any atom is -0.790 e. The van der Waals surface area contributed by atoms with Crippen LogP contribution >= 0.6 is 31.2 Å². The number of carbonyl (C=O) groups excluding carboxylic acids is 1. The second-order valence-electron chi connectivity index (χ2n) is 11.5. The van der Waals surface area contributed by atoms with Crippen LogP contribution in [0.4, 0.5) is 13.2 Å². The Hall–Kier alpha value is -2.30. The van der Waals surface area contributed by atoms with Gasteiger partial charge in [-0.05, 0) is 49.4 Å². The number of phosphoric acid groups is 1. The Kier molecular flexibility index (Phi) is 18.4. The van der Waals surface area contributed by atoms with Crippen molar-refractivity contribution in [2.75, 3.05) is 13.2 Å². The molecule has 0 aliphatic carbocycles. The van der Waals surface area contributed by atoms with E-state index in [1.54, 1.807) is 25.2 Å². The van der Waals surface area contributed by atoms with E-state index in [9.17, 15) is 27.9 Å². The molecule has 0 unspecified atom stereocenters. The predicted molar refractivity (Wildman–Crippen MR) is 183 cm³/mol. The van der Waals surface area contributed by atoms with E-state index in [2.05, 4.69) is 14.6 Å². The summed E-state index contributed by atoms with van der Waals surface area (Å²) in [5, 5.41) is 11.7. The van der Waals surface area contributed by atoms with Gasteiger partial charge < -0.3 is 33.1 Å². The second kappa shape index (κ2) is 21.5. The number of aromatic nitrogens is 3. The average molecular weight is 835 g/mol. The summed E-state index contributed by atoms with van der Waals surface area (Å²) in [6.07, 6.45) is 8.10. The number of hydrogen-bond donors (Lipinski definition) is 0. The normalized spacial score (nSPS) is 17.5. The van der Waals surface area contributed by atoms with Crippen molar-refractivity contribution < 1.29 is 110 Å². The van der Waals surface area contributed by atoms with Crippen molar-refractivity contribution in [1.29, 1.82) is 5.26 Å². The van der Waals surface area contributed by atoms with E-state index in [1.807, 2.05) is 6.07 Å². The smallest absolute Gasteiger partial charge is 0.790 e. The Balaban J connectivity index is 0.00000406. The van der Waals surface area contributed by atoms with Crippen molar-refractivity contribution in [2.45, 2.75) is 42.5 Å². The number of hydrogen-bond acceptors (Lipinski definition) is 12. The first-order valence-electron chi connectivity index (χ1n) is 15.7. The third kappa shape index (κ3) is 12.8. The van der Waals surface area contributed by atoms with Crippen LogP contribution in [0, 0.1) is 28.8 Å². The molecule has 1 aliphatic rings. The molecule has 0 amide bonds. The van der Waals surface area contributed by atoms with E-state index in [0.717, 1.165) is 18.2 Å². The zero-order chi connectivity index (χ0) is 38.2. The first kappa shape index (κ1) is 47.1. The summed E-state index contributed by atoms with van der Waals surface area (Å²) in [6, 6.07) is 12.8. The number of allylic oxidation sites excluding steroid dienone is 2. The van der Waals surface area contributed by atoms with E-state index in [4.69, 9.17) is 31.1 Å². The molecule has 3 aromatic carbocycles. The minimum absolute atomic E-state index is 0. The van der Waals surface area contributed by atoms with Gasteiger partial charge in [0.05, 0.1) is 56.6 Å². The molecule has 0 bridgehead atoms. The molecule has 5 rings (SSSR count). The van der Waals surface area contributed by atoms with Gasteiger partial charge in [-0.3, -0.25) is 0 Å². The summed E-state index contributed by atoms with van der Waals surface area (Å²) in [5.41, 5.74) is -2.12. The van der Waals surface area contributed by atoms with Gasteiger partial charge in [0.2, 0.25) is 0 Å². The number of nitrogens with zero attached hydrogens (tertiary/aromatic N) is 4. The second-order valence-corrected chi connectivity index (χ2v) is 14.7. The Bertz CT molecular complexity index is 2080. The predicted octanol–water partition coefficient (Wildman–Crippen LogP) is -0.541. The standard InChI is InChI=1S/C35H31ClF3N4O8PS.2Na/c1-22(53-26-16-48-33(49-17-26)8-3-2-5-24-10-9-23(15-40)13-31(24)38)35(19-43-21-41-20-42-43,29-12-11-25(37)14-32(29)39)51-34(44)27-6-4-7-30(36)28(27)18-50-52(45,46)47;;/h2-14,20-22,26,33H,16-19H2,1H3,(H2,45,46,47);;/q;2*+1/p-2/t22-,26-,33-,35-;;/m1../s1. The Morgan fingerprint density at radius 3 is 2.53 bits per heavy atom. The van der Waals surface area contributed by atoms with Crippen LogP contribution in [0.3, 0.4) is 0 Å². The Morgan fingerprint density at radius 1 is 1.15 bits per heavy atom. The molecular weight excluding hydrogens is 806 g/mol. The fourth-order valence-corrected chi connectivity index (χ4v) is 7.26. The molecule has 4 aromatic rings. The summed E-state index contributed by atoms with van der Waals surface area (Å²) in [4.78, 5) is 40.5. The molecule has 20 heteroatoms. The quantitative estimate of drug-likeness (QED) is 0.0689. The van der Waals surface area contributed by atoms with E-state index >= 15 is 4.39 Å². The Labute approximate surface area is 367 Å².